The van der Waals surface area contributed by atoms with E-state index in [1.54, 1.807) is 24.0 Å². The standard InChI is InChI=1S/C17H24ClN3O2/c1-12(2)11-20-8-9-21(13(3)16(20)22)17(23)19-10-14-4-6-15(18)7-5-14/h4-7,12-13H,8-11H2,1-3H3,(H,19,23)/t13-/m0/s1. The lowest BCUT2D eigenvalue weighted by molar-refractivity contribution is -0.139. The lowest BCUT2D eigenvalue weighted by atomic mass is 10.1. The number of benzene rings is 1. The quantitative estimate of drug-likeness (QED) is 0.918. The van der Waals surface area contributed by atoms with Gasteiger partial charge in [0.1, 0.15) is 6.04 Å². The Hall–Kier alpha value is -1.75. The smallest absolute Gasteiger partial charge is 0.318 e. The van der Waals surface area contributed by atoms with Crippen LogP contribution in [0.2, 0.25) is 5.02 Å². The minimum atomic E-state index is -0.423. The Kier molecular flexibility index (Phi) is 5.88. The van der Waals surface area contributed by atoms with Crippen LogP contribution in [0.4, 0.5) is 4.79 Å². The molecule has 0 aliphatic carbocycles. The summed E-state index contributed by atoms with van der Waals surface area (Å²) < 4.78 is 0. The molecule has 23 heavy (non-hydrogen) atoms. The lowest BCUT2D eigenvalue weighted by Crippen LogP contribution is -2.59. The summed E-state index contributed by atoms with van der Waals surface area (Å²) in [6.07, 6.45) is 0. The van der Waals surface area contributed by atoms with Gasteiger partial charge in [0.05, 0.1) is 0 Å². The van der Waals surface area contributed by atoms with Crippen molar-refractivity contribution in [1.82, 2.24) is 15.1 Å². The number of nitrogens with one attached hydrogen (secondary N) is 1. The number of nitrogens with zero attached hydrogens (tertiary/aromatic N) is 2. The summed E-state index contributed by atoms with van der Waals surface area (Å²) in [6.45, 7) is 8.28. The second-order valence-corrected chi connectivity index (χ2v) is 6.77. The molecule has 0 bridgehead atoms. The van der Waals surface area contributed by atoms with E-state index in [0.717, 1.165) is 12.1 Å². The molecule has 0 saturated carbocycles. The average molecular weight is 338 g/mol. The zero-order valence-corrected chi connectivity index (χ0v) is 14.6. The molecule has 1 aliphatic rings. The van der Waals surface area contributed by atoms with Crippen LogP contribution in [0.5, 0.6) is 0 Å². The van der Waals surface area contributed by atoms with Gasteiger partial charge in [-0.3, -0.25) is 4.79 Å². The summed E-state index contributed by atoms with van der Waals surface area (Å²) in [5.74, 6) is 0.447. The first-order chi connectivity index (χ1) is 10.9. The largest absolute Gasteiger partial charge is 0.339 e. The van der Waals surface area contributed by atoms with Gasteiger partial charge in [0.15, 0.2) is 0 Å². The molecule has 1 saturated heterocycles. The van der Waals surface area contributed by atoms with Crippen molar-refractivity contribution in [3.63, 3.8) is 0 Å². The Morgan fingerprint density at radius 3 is 2.57 bits per heavy atom. The van der Waals surface area contributed by atoms with Gasteiger partial charge in [-0.2, -0.15) is 0 Å². The number of rotatable bonds is 4. The summed E-state index contributed by atoms with van der Waals surface area (Å²) in [5.41, 5.74) is 0.972. The molecule has 1 atom stereocenters. The molecule has 1 aromatic carbocycles. The van der Waals surface area contributed by atoms with Crippen LogP contribution < -0.4 is 5.32 Å². The molecule has 0 aromatic heterocycles. The topological polar surface area (TPSA) is 52.6 Å². The number of hydrogen-bond donors (Lipinski definition) is 1. The number of carbonyl (C=O) groups excluding carboxylic acids is 2. The molecule has 0 unspecified atom stereocenters. The molecular weight excluding hydrogens is 314 g/mol. The summed E-state index contributed by atoms with van der Waals surface area (Å²) >= 11 is 5.84. The summed E-state index contributed by atoms with van der Waals surface area (Å²) in [6, 6.07) is 6.70. The highest BCUT2D eigenvalue weighted by atomic mass is 35.5. The Morgan fingerprint density at radius 2 is 1.96 bits per heavy atom. The first-order valence-corrected chi connectivity index (χ1v) is 8.34. The zero-order chi connectivity index (χ0) is 17.0. The Balaban J connectivity index is 1.90. The van der Waals surface area contributed by atoms with Crippen molar-refractivity contribution < 1.29 is 9.59 Å². The maximum atomic E-state index is 12.4. The third-order valence-electron chi connectivity index (χ3n) is 3.95. The second kappa shape index (κ2) is 7.68. The fraction of sp³-hybridized carbons (Fsp3) is 0.529. The van der Waals surface area contributed by atoms with Gasteiger partial charge in [-0.1, -0.05) is 37.6 Å². The van der Waals surface area contributed by atoms with Gasteiger partial charge in [-0.25, -0.2) is 4.79 Å². The van der Waals surface area contributed by atoms with E-state index in [1.807, 2.05) is 17.0 Å². The molecule has 1 aromatic rings. The zero-order valence-electron chi connectivity index (χ0n) is 13.9. The van der Waals surface area contributed by atoms with Crippen molar-refractivity contribution in [1.29, 1.82) is 0 Å². The molecular formula is C17H24ClN3O2. The van der Waals surface area contributed by atoms with Gasteiger partial charge < -0.3 is 15.1 Å². The van der Waals surface area contributed by atoms with Crippen molar-refractivity contribution >= 4 is 23.5 Å². The van der Waals surface area contributed by atoms with Gasteiger partial charge in [0.2, 0.25) is 5.91 Å². The molecule has 2 rings (SSSR count). The van der Waals surface area contributed by atoms with Crippen molar-refractivity contribution in [2.75, 3.05) is 19.6 Å². The van der Waals surface area contributed by atoms with Gasteiger partial charge in [0.25, 0.3) is 0 Å². The molecule has 3 amide bonds. The van der Waals surface area contributed by atoms with Gasteiger partial charge in [-0.15, -0.1) is 0 Å². The maximum Gasteiger partial charge on any atom is 0.318 e. The number of halogens is 1. The summed E-state index contributed by atoms with van der Waals surface area (Å²) in [7, 11) is 0. The van der Waals surface area contributed by atoms with Crippen LogP contribution in [0.15, 0.2) is 24.3 Å². The molecule has 126 valence electrons. The molecule has 1 aliphatic heterocycles. The van der Waals surface area contributed by atoms with Gasteiger partial charge >= 0.3 is 6.03 Å². The van der Waals surface area contributed by atoms with Crippen LogP contribution in [-0.2, 0) is 11.3 Å². The van der Waals surface area contributed by atoms with Crippen molar-refractivity contribution in [3.05, 3.63) is 34.9 Å². The number of amides is 3. The van der Waals surface area contributed by atoms with Crippen LogP contribution in [0, 0.1) is 5.92 Å². The van der Waals surface area contributed by atoms with E-state index < -0.39 is 6.04 Å². The summed E-state index contributed by atoms with van der Waals surface area (Å²) in [4.78, 5) is 28.2. The highest BCUT2D eigenvalue weighted by Crippen LogP contribution is 2.14. The first-order valence-electron chi connectivity index (χ1n) is 7.96. The van der Waals surface area contributed by atoms with Crippen molar-refractivity contribution in [2.45, 2.75) is 33.4 Å². The Labute approximate surface area is 142 Å². The molecule has 6 heteroatoms. The fourth-order valence-electron chi connectivity index (χ4n) is 2.71. The van der Waals surface area contributed by atoms with E-state index in [1.165, 1.54) is 0 Å². The molecule has 1 heterocycles. The minimum Gasteiger partial charge on any atom is -0.339 e. The predicted molar refractivity (Wildman–Crippen MR) is 91.3 cm³/mol. The van der Waals surface area contributed by atoms with E-state index in [4.69, 9.17) is 11.6 Å². The fourth-order valence-corrected chi connectivity index (χ4v) is 2.84. The SMILES string of the molecule is CC(C)CN1CCN(C(=O)NCc2ccc(Cl)cc2)[C@@H](C)C1=O. The van der Waals surface area contributed by atoms with Crippen LogP contribution >= 0.6 is 11.6 Å². The number of hydrogen-bond acceptors (Lipinski definition) is 2. The van der Waals surface area contributed by atoms with E-state index >= 15 is 0 Å². The van der Waals surface area contributed by atoms with Crippen LogP contribution in [0.3, 0.4) is 0 Å². The molecule has 1 fully saturated rings. The Bertz CT molecular complexity index is 559. The lowest BCUT2D eigenvalue weighted by Gasteiger charge is -2.39. The number of carbonyl (C=O) groups is 2. The number of urea groups is 1. The van der Waals surface area contributed by atoms with E-state index in [2.05, 4.69) is 19.2 Å². The second-order valence-electron chi connectivity index (χ2n) is 6.33. The Morgan fingerprint density at radius 1 is 1.30 bits per heavy atom. The molecule has 1 N–H and O–H groups in total. The third-order valence-corrected chi connectivity index (χ3v) is 4.20. The van der Waals surface area contributed by atoms with Crippen molar-refractivity contribution in [2.24, 2.45) is 5.92 Å². The van der Waals surface area contributed by atoms with Gasteiger partial charge in [0, 0.05) is 31.2 Å². The molecule has 5 nitrogen and oxygen atoms in total. The van der Waals surface area contributed by atoms with Crippen molar-refractivity contribution in [3.8, 4) is 0 Å². The van der Waals surface area contributed by atoms with Gasteiger partial charge in [-0.05, 0) is 30.5 Å². The van der Waals surface area contributed by atoms with E-state index in [0.29, 0.717) is 30.6 Å². The molecule has 0 spiro atoms. The van der Waals surface area contributed by atoms with E-state index in [9.17, 15) is 9.59 Å². The van der Waals surface area contributed by atoms with Crippen LogP contribution in [-0.4, -0.2) is 47.4 Å². The molecule has 0 radical (unpaired) electrons. The monoisotopic (exact) mass is 337 g/mol. The predicted octanol–water partition coefficient (Wildman–Crippen LogP) is 2.74. The highest BCUT2D eigenvalue weighted by Gasteiger charge is 2.34. The minimum absolute atomic E-state index is 0.0200. The third kappa shape index (κ3) is 4.61. The highest BCUT2D eigenvalue weighted by molar-refractivity contribution is 6.30. The number of piperazine rings is 1. The van der Waals surface area contributed by atoms with Crippen LogP contribution in [0.1, 0.15) is 26.3 Å². The average Bonchev–Trinajstić information content (AvgIpc) is 2.51. The first kappa shape index (κ1) is 17.6. The van der Waals surface area contributed by atoms with E-state index in [-0.39, 0.29) is 11.9 Å². The normalized spacial score (nSPS) is 18.5. The van der Waals surface area contributed by atoms with Crippen LogP contribution in [0.25, 0.3) is 0 Å². The summed E-state index contributed by atoms with van der Waals surface area (Å²) in [5, 5.41) is 3.54. The maximum absolute atomic E-state index is 12.4.